The summed E-state index contributed by atoms with van der Waals surface area (Å²) in [6.45, 7) is 9.07. The van der Waals surface area contributed by atoms with Crippen LogP contribution in [0.5, 0.6) is 5.75 Å². The second-order valence-corrected chi connectivity index (χ2v) is 7.37. The Kier molecular flexibility index (Phi) is 8.43. The van der Waals surface area contributed by atoms with Crippen LogP contribution in [0.25, 0.3) is 0 Å². The average Bonchev–Trinajstić information content (AvgIpc) is 3.27. The van der Waals surface area contributed by atoms with Crippen molar-refractivity contribution in [1.29, 1.82) is 0 Å². The average molecular weight is 418 g/mol. The van der Waals surface area contributed by atoms with Crippen molar-refractivity contribution >= 4 is 5.96 Å². The lowest BCUT2D eigenvalue weighted by molar-refractivity contribution is 0.172. The molecular weight excluding hydrogens is 385 g/mol. The van der Waals surface area contributed by atoms with Crippen LogP contribution in [0.4, 0.5) is 4.39 Å². The molecule has 9 heteroatoms. The van der Waals surface area contributed by atoms with Crippen LogP contribution in [0, 0.1) is 5.82 Å². The van der Waals surface area contributed by atoms with Crippen LogP contribution in [-0.4, -0.2) is 76.9 Å². The minimum atomic E-state index is -0.306. The van der Waals surface area contributed by atoms with Gasteiger partial charge in [-0.15, -0.1) is 10.2 Å². The van der Waals surface area contributed by atoms with E-state index < -0.39 is 0 Å². The Balaban J connectivity index is 1.44. The van der Waals surface area contributed by atoms with Crippen molar-refractivity contribution in [2.24, 2.45) is 4.99 Å². The lowest BCUT2D eigenvalue weighted by Gasteiger charge is -2.36. The van der Waals surface area contributed by atoms with Crippen LogP contribution in [-0.2, 0) is 13.1 Å². The number of nitrogens with one attached hydrogen (secondary N) is 1. The first-order valence-electron chi connectivity index (χ1n) is 10.6. The van der Waals surface area contributed by atoms with Gasteiger partial charge in [0.25, 0.3) is 0 Å². The first-order valence-corrected chi connectivity index (χ1v) is 10.6. The summed E-state index contributed by atoms with van der Waals surface area (Å²) in [7, 11) is 1.48. The molecule has 0 atom stereocenters. The van der Waals surface area contributed by atoms with Gasteiger partial charge in [0, 0.05) is 52.4 Å². The molecule has 164 valence electrons. The van der Waals surface area contributed by atoms with Gasteiger partial charge in [-0.1, -0.05) is 6.07 Å². The quantitative estimate of drug-likeness (QED) is 0.382. The fraction of sp³-hybridized carbons (Fsp3) is 0.571. The van der Waals surface area contributed by atoms with Crippen LogP contribution in [0.1, 0.15) is 25.3 Å². The van der Waals surface area contributed by atoms with Gasteiger partial charge in [-0.25, -0.2) is 4.39 Å². The lowest BCUT2D eigenvalue weighted by atomic mass is 10.2. The van der Waals surface area contributed by atoms with E-state index >= 15 is 0 Å². The first-order chi connectivity index (χ1) is 14.7. The highest BCUT2D eigenvalue weighted by Crippen LogP contribution is 2.19. The summed E-state index contributed by atoms with van der Waals surface area (Å²) in [5.41, 5.74) is 0.968. The van der Waals surface area contributed by atoms with Crippen LogP contribution in [0.15, 0.2) is 35.8 Å². The van der Waals surface area contributed by atoms with Gasteiger partial charge >= 0.3 is 0 Å². The van der Waals surface area contributed by atoms with Crippen LogP contribution in [0.3, 0.4) is 0 Å². The number of aryl methyl sites for hydroxylation is 1. The predicted octanol–water partition coefficient (Wildman–Crippen LogP) is 1.99. The number of aromatic nitrogens is 3. The van der Waals surface area contributed by atoms with Crippen molar-refractivity contribution in [3.05, 3.63) is 42.2 Å². The number of aliphatic imine (C=N–C) groups is 1. The molecule has 1 fully saturated rings. The smallest absolute Gasteiger partial charge is 0.194 e. The molecule has 3 rings (SSSR count). The molecule has 30 heavy (non-hydrogen) atoms. The van der Waals surface area contributed by atoms with E-state index in [1.54, 1.807) is 24.8 Å². The van der Waals surface area contributed by atoms with Crippen LogP contribution in [0.2, 0.25) is 0 Å². The van der Waals surface area contributed by atoms with E-state index in [1.807, 2.05) is 10.6 Å². The van der Waals surface area contributed by atoms with Crippen molar-refractivity contribution in [1.82, 2.24) is 29.9 Å². The van der Waals surface area contributed by atoms with E-state index in [0.29, 0.717) is 0 Å². The molecule has 2 heterocycles. The van der Waals surface area contributed by atoms with Gasteiger partial charge in [0.15, 0.2) is 17.5 Å². The minimum absolute atomic E-state index is 0.289. The minimum Gasteiger partial charge on any atom is -0.494 e. The topological polar surface area (TPSA) is 70.8 Å². The summed E-state index contributed by atoms with van der Waals surface area (Å²) >= 11 is 0. The number of ether oxygens (including phenoxy) is 1. The zero-order valence-corrected chi connectivity index (χ0v) is 17.9. The fourth-order valence-corrected chi connectivity index (χ4v) is 3.54. The Bertz CT molecular complexity index is 789. The molecule has 1 aromatic carbocycles. The normalized spacial score (nSPS) is 15.4. The second-order valence-electron chi connectivity index (χ2n) is 7.37. The molecule has 1 aromatic heterocycles. The number of hydrogen-bond donors (Lipinski definition) is 1. The van der Waals surface area contributed by atoms with E-state index in [9.17, 15) is 4.39 Å². The highest BCUT2D eigenvalue weighted by atomic mass is 19.1. The molecule has 0 aliphatic carbocycles. The van der Waals surface area contributed by atoms with E-state index in [-0.39, 0.29) is 11.6 Å². The van der Waals surface area contributed by atoms with Gasteiger partial charge in [0.05, 0.1) is 7.11 Å². The number of guanidine groups is 1. The molecule has 1 aliphatic rings. The summed E-state index contributed by atoms with van der Waals surface area (Å²) in [5.74, 6) is 0.966. The molecule has 0 unspecified atom stereocenters. The van der Waals surface area contributed by atoms with E-state index in [1.165, 1.54) is 7.11 Å². The Labute approximate surface area is 177 Å². The molecule has 0 bridgehead atoms. The SMILES string of the molecule is CCNC(=NCCCCn1cnnc1)N1CCN(Cc2ccc(OC)c(F)c2)CC1. The highest BCUT2D eigenvalue weighted by Gasteiger charge is 2.20. The van der Waals surface area contributed by atoms with Gasteiger partial charge in [-0.05, 0) is 37.5 Å². The maximum Gasteiger partial charge on any atom is 0.194 e. The maximum absolute atomic E-state index is 13.9. The lowest BCUT2D eigenvalue weighted by Crippen LogP contribution is -2.52. The van der Waals surface area contributed by atoms with Crippen molar-refractivity contribution in [3.8, 4) is 5.75 Å². The molecule has 1 saturated heterocycles. The monoisotopic (exact) mass is 417 g/mol. The fourth-order valence-electron chi connectivity index (χ4n) is 3.54. The zero-order valence-electron chi connectivity index (χ0n) is 17.9. The number of piperazine rings is 1. The Hall–Kier alpha value is -2.68. The molecule has 2 aromatic rings. The summed E-state index contributed by atoms with van der Waals surface area (Å²) in [6, 6.07) is 5.19. The number of benzene rings is 1. The molecule has 1 aliphatic heterocycles. The summed E-state index contributed by atoms with van der Waals surface area (Å²) < 4.78 is 20.9. The van der Waals surface area contributed by atoms with Crippen molar-refractivity contribution < 1.29 is 9.13 Å². The third-order valence-corrected chi connectivity index (χ3v) is 5.18. The van der Waals surface area contributed by atoms with Gasteiger partial charge in [0.1, 0.15) is 12.7 Å². The van der Waals surface area contributed by atoms with Gasteiger partial charge in [-0.3, -0.25) is 9.89 Å². The van der Waals surface area contributed by atoms with Gasteiger partial charge < -0.3 is 19.5 Å². The number of nitrogens with zero attached hydrogens (tertiary/aromatic N) is 6. The first kappa shape index (κ1) is 22.0. The van der Waals surface area contributed by atoms with Crippen molar-refractivity contribution in [2.45, 2.75) is 32.9 Å². The molecule has 1 N–H and O–H groups in total. The van der Waals surface area contributed by atoms with E-state index in [2.05, 4.69) is 32.2 Å². The second kappa shape index (κ2) is 11.5. The number of methoxy groups -OCH3 is 1. The Morgan fingerprint density at radius 1 is 1.17 bits per heavy atom. The molecule has 0 spiro atoms. The molecule has 0 radical (unpaired) electrons. The zero-order chi connectivity index (χ0) is 21.2. The van der Waals surface area contributed by atoms with Crippen LogP contribution < -0.4 is 10.1 Å². The predicted molar refractivity (Wildman–Crippen MR) is 115 cm³/mol. The summed E-state index contributed by atoms with van der Waals surface area (Å²) in [4.78, 5) is 9.47. The van der Waals surface area contributed by atoms with E-state index in [4.69, 9.17) is 9.73 Å². The van der Waals surface area contributed by atoms with Gasteiger partial charge in [-0.2, -0.15) is 0 Å². The van der Waals surface area contributed by atoms with Crippen LogP contribution >= 0.6 is 0 Å². The number of halogens is 1. The van der Waals surface area contributed by atoms with Gasteiger partial charge in [0.2, 0.25) is 0 Å². The van der Waals surface area contributed by atoms with Crippen molar-refractivity contribution in [3.63, 3.8) is 0 Å². The Morgan fingerprint density at radius 2 is 1.93 bits per heavy atom. The molecule has 0 saturated carbocycles. The standard InChI is InChI=1S/C21H32FN7O/c1-3-23-21(24-8-4-5-9-28-16-25-26-17-28)29-12-10-27(11-13-29)15-18-6-7-20(30-2)19(22)14-18/h6-7,14,16-17H,3-5,8-13,15H2,1-2H3,(H,23,24). The molecule has 0 amide bonds. The largest absolute Gasteiger partial charge is 0.494 e. The molecular formula is C21H32FN7O. The Morgan fingerprint density at radius 3 is 2.60 bits per heavy atom. The summed E-state index contributed by atoms with van der Waals surface area (Å²) in [6.07, 6.45) is 5.56. The van der Waals surface area contributed by atoms with E-state index in [0.717, 1.165) is 76.7 Å². The highest BCUT2D eigenvalue weighted by molar-refractivity contribution is 5.80. The molecule has 8 nitrogen and oxygen atoms in total. The maximum atomic E-state index is 13.9. The number of hydrogen-bond acceptors (Lipinski definition) is 5. The third-order valence-electron chi connectivity index (χ3n) is 5.18. The third kappa shape index (κ3) is 6.41. The van der Waals surface area contributed by atoms with Crippen molar-refractivity contribution in [2.75, 3.05) is 46.4 Å². The number of rotatable bonds is 9. The summed E-state index contributed by atoms with van der Waals surface area (Å²) in [5, 5.41) is 11.0. The number of unbranched alkanes of at least 4 members (excludes halogenated alkanes) is 1.